The number of ether oxygens (including phenoxy) is 2. The number of ketones is 1. The van der Waals surface area contributed by atoms with Crippen LogP contribution in [0.1, 0.15) is 44.0 Å². The minimum absolute atomic E-state index is 0.0408. The molecule has 5 nitrogen and oxygen atoms in total. The fourth-order valence-corrected chi connectivity index (χ4v) is 3.53. The highest BCUT2D eigenvalue weighted by atomic mass is 16.5. The third kappa shape index (κ3) is 2.58. The van der Waals surface area contributed by atoms with Gasteiger partial charge in [-0.2, -0.15) is 0 Å². The molecule has 2 atom stereocenters. The lowest BCUT2D eigenvalue weighted by atomic mass is 9.64. The van der Waals surface area contributed by atoms with Crippen LogP contribution in [-0.4, -0.2) is 31.1 Å². The van der Waals surface area contributed by atoms with E-state index in [4.69, 9.17) is 9.47 Å². The number of hydrogen-bond acceptors (Lipinski definition) is 4. The Kier molecular flexibility index (Phi) is 4.42. The van der Waals surface area contributed by atoms with Crippen LogP contribution in [0, 0.1) is 16.7 Å². The molecule has 1 N–H and O–H groups in total. The Morgan fingerprint density at radius 3 is 2.22 bits per heavy atom. The standard InChI is InChI=1S/C18H24O5/c1-17(2)12(8-9-18(17,3)16(20)21)15(19)11-6-7-13(22-4)14(10-11)23-5/h6-7,10,12H,8-9H2,1-5H3,(H,20,21). The molecule has 0 spiro atoms. The van der Waals surface area contributed by atoms with Gasteiger partial charge in [-0.25, -0.2) is 0 Å². The maximum atomic E-state index is 13.0. The van der Waals surface area contributed by atoms with Crippen molar-refractivity contribution in [3.05, 3.63) is 23.8 Å². The smallest absolute Gasteiger partial charge is 0.309 e. The molecule has 2 unspecified atom stereocenters. The minimum atomic E-state index is -0.899. The largest absolute Gasteiger partial charge is 0.493 e. The van der Waals surface area contributed by atoms with Crippen LogP contribution in [0.25, 0.3) is 0 Å². The summed E-state index contributed by atoms with van der Waals surface area (Å²) in [5.74, 6) is -0.159. The zero-order chi connectivity index (χ0) is 17.4. The Bertz CT molecular complexity index is 634. The van der Waals surface area contributed by atoms with Gasteiger partial charge in [-0.3, -0.25) is 9.59 Å². The SMILES string of the molecule is COc1ccc(C(=O)C2CCC(C)(C(=O)O)C2(C)C)cc1OC. The number of rotatable bonds is 5. The average Bonchev–Trinajstić information content (AvgIpc) is 2.77. The number of carboxylic acids is 1. The van der Waals surface area contributed by atoms with Gasteiger partial charge in [0.05, 0.1) is 19.6 Å². The van der Waals surface area contributed by atoms with E-state index >= 15 is 0 Å². The molecular formula is C18H24O5. The number of Topliss-reactive ketones (excluding diaryl/α,β-unsaturated/α-hetero) is 1. The summed E-state index contributed by atoms with van der Waals surface area (Å²) in [4.78, 5) is 24.6. The van der Waals surface area contributed by atoms with E-state index in [-0.39, 0.29) is 11.7 Å². The van der Waals surface area contributed by atoms with Gasteiger partial charge in [-0.05, 0) is 43.4 Å². The van der Waals surface area contributed by atoms with E-state index in [1.165, 1.54) is 14.2 Å². The number of benzene rings is 1. The van der Waals surface area contributed by atoms with Crippen LogP contribution in [0.4, 0.5) is 0 Å². The summed E-state index contributed by atoms with van der Waals surface area (Å²) in [5.41, 5.74) is -0.997. The van der Waals surface area contributed by atoms with E-state index in [1.54, 1.807) is 25.1 Å². The molecule has 0 heterocycles. The lowest BCUT2D eigenvalue weighted by Crippen LogP contribution is -2.42. The van der Waals surface area contributed by atoms with Crippen LogP contribution >= 0.6 is 0 Å². The molecular weight excluding hydrogens is 296 g/mol. The van der Waals surface area contributed by atoms with E-state index < -0.39 is 16.8 Å². The first-order valence-corrected chi connectivity index (χ1v) is 7.68. The third-order valence-electron chi connectivity index (χ3n) is 5.68. The highest BCUT2D eigenvalue weighted by Crippen LogP contribution is 2.57. The Labute approximate surface area is 136 Å². The maximum Gasteiger partial charge on any atom is 0.309 e. The van der Waals surface area contributed by atoms with Crippen LogP contribution in [0.5, 0.6) is 11.5 Å². The molecule has 23 heavy (non-hydrogen) atoms. The molecule has 0 amide bonds. The third-order valence-corrected chi connectivity index (χ3v) is 5.68. The summed E-state index contributed by atoms with van der Waals surface area (Å²) in [6, 6.07) is 5.06. The molecule has 0 aromatic heterocycles. The lowest BCUT2D eigenvalue weighted by molar-refractivity contribution is -0.153. The van der Waals surface area contributed by atoms with Gasteiger partial charge in [-0.1, -0.05) is 13.8 Å². The second-order valence-corrected chi connectivity index (χ2v) is 6.88. The Morgan fingerprint density at radius 2 is 1.74 bits per heavy atom. The summed E-state index contributed by atoms with van der Waals surface area (Å²) in [7, 11) is 3.06. The first-order valence-electron chi connectivity index (χ1n) is 7.68. The molecule has 1 aliphatic carbocycles. The number of aliphatic carboxylic acids is 1. The molecule has 1 fully saturated rings. The molecule has 5 heteroatoms. The van der Waals surface area contributed by atoms with Crippen molar-refractivity contribution >= 4 is 11.8 Å². The van der Waals surface area contributed by atoms with E-state index in [9.17, 15) is 14.7 Å². The molecule has 0 saturated heterocycles. The molecule has 1 saturated carbocycles. The highest BCUT2D eigenvalue weighted by molar-refractivity contribution is 5.99. The lowest BCUT2D eigenvalue weighted by Gasteiger charge is -2.37. The first kappa shape index (κ1) is 17.3. The number of carboxylic acid groups (broad SMARTS) is 1. The van der Waals surface area contributed by atoms with Gasteiger partial charge in [0.2, 0.25) is 0 Å². The van der Waals surface area contributed by atoms with Crippen LogP contribution in [0.15, 0.2) is 18.2 Å². The van der Waals surface area contributed by atoms with Gasteiger partial charge in [0.25, 0.3) is 0 Å². The average molecular weight is 320 g/mol. The van der Waals surface area contributed by atoms with E-state index in [0.717, 1.165) is 0 Å². The van der Waals surface area contributed by atoms with Crippen LogP contribution < -0.4 is 9.47 Å². The van der Waals surface area contributed by atoms with E-state index in [2.05, 4.69) is 0 Å². The van der Waals surface area contributed by atoms with Crippen molar-refractivity contribution in [2.24, 2.45) is 16.7 Å². The van der Waals surface area contributed by atoms with Gasteiger partial charge < -0.3 is 14.6 Å². The van der Waals surface area contributed by atoms with Gasteiger partial charge in [0, 0.05) is 11.5 Å². The van der Waals surface area contributed by atoms with Gasteiger partial charge >= 0.3 is 5.97 Å². The number of carbonyl (C=O) groups excluding carboxylic acids is 1. The second-order valence-electron chi connectivity index (χ2n) is 6.88. The summed E-state index contributed by atoms with van der Waals surface area (Å²) >= 11 is 0. The fourth-order valence-electron chi connectivity index (χ4n) is 3.53. The quantitative estimate of drug-likeness (QED) is 0.842. The molecule has 1 aromatic rings. The van der Waals surface area contributed by atoms with Gasteiger partial charge in [0.1, 0.15) is 0 Å². The van der Waals surface area contributed by atoms with Gasteiger partial charge in [0.15, 0.2) is 17.3 Å². The predicted octanol–water partition coefficient (Wildman–Crippen LogP) is 3.41. The predicted molar refractivity (Wildman–Crippen MR) is 86.1 cm³/mol. The molecule has 0 aliphatic heterocycles. The molecule has 1 aromatic carbocycles. The highest BCUT2D eigenvalue weighted by Gasteiger charge is 2.58. The van der Waals surface area contributed by atoms with Crippen LogP contribution in [0.2, 0.25) is 0 Å². The zero-order valence-electron chi connectivity index (χ0n) is 14.3. The Balaban J connectivity index is 2.37. The number of methoxy groups -OCH3 is 2. The molecule has 1 aliphatic rings. The summed E-state index contributed by atoms with van der Waals surface area (Å²) in [6.45, 7) is 5.48. The van der Waals surface area contributed by atoms with E-state index in [1.807, 2.05) is 13.8 Å². The second kappa shape index (κ2) is 5.87. The number of hydrogen-bond donors (Lipinski definition) is 1. The Morgan fingerprint density at radius 1 is 1.13 bits per heavy atom. The molecule has 126 valence electrons. The minimum Gasteiger partial charge on any atom is -0.493 e. The van der Waals surface area contributed by atoms with Crippen molar-refractivity contribution < 1.29 is 24.2 Å². The normalized spacial score (nSPS) is 25.9. The topological polar surface area (TPSA) is 72.8 Å². The first-order chi connectivity index (χ1) is 10.7. The van der Waals surface area contributed by atoms with Crippen molar-refractivity contribution in [3.8, 4) is 11.5 Å². The maximum absolute atomic E-state index is 13.0. The van der Waals surface area contributed by atoms with Crippen molar-refractivity contribution in [2.45, 2.75) is 33.6 Å². The summed E-state index contributed by atoms with van der Waals surface area (Å²) in [6.07, 6.45) is 1.07. The fraction of sp³-hybridized carbons (Fsp3) is 0.556. The molecule has 0 radical (unpaired) electrons. The van der Waals surface area contributed by atoms with Crippen molar-refractivity contribution in [1.29, 1.82) is 0 Å². The summed E-state index contributed by atoms with van der Waals surface area (Å²) in [5, 5.41) is 9.58. The molecule has 2 rings (SSSR count). The number of carbonyl (C=O) groups is 2. The zero-order valence-corrected chi connectivity index (χ0v) is 14.3. The Hall–Kier alpha value is -2.04. The summed E-state index contributed by atoms with van der Waals surface area (Å²) < 4.78 is 10.4. The van der Waals surface area contributed by atoms with Gasteiger partial charge in [-0.15, -0.1) is 0 Å². The van der Waals surface area contributed by atoms with E-state index in [0.29, 0.717) is 29.9 Å². The van der Waals surface area contributed by atoms with Crippen molar-refractivity contribution in [1.82, 2.24) is 0 Å². The van der Waals surface area contributed by atoms with Crippen LogP contribution in [0.3, 0.4) is 0 Å². The molecule has 0 bridgehead atoms. The van der Waals surface area contributed by atoms with Crippen molar-refractivity contribution in [3.63, 3.8) is 0 Å². The van der Waals surface area contributed by atoms with Crippen molar-refractivity contribution in [2.75, 3.05) is 14.2 Å². The monoisotopic (exact) mass is 320 g/mol. The van der Waals surface area contributed by atoms with Crippen LogP contribution in [-0.2, 0) is 4.79 Å².